The van der Waals surface area contributed by atoms with E-state index < -0.39 is 45.0 Å². The van der Waals surface area contributed by atoms with Crippen molar-refractivity contribution in [3.05, 3.63) is 87.0 Å². The van der Waals surface area contributed by atoms with Gasteiger partial charge in [-0.15, -0.1) is 0 Å². The molecule has 3 rings (SSSR count). The lowest BCUT2D eigenvalue weighted by molar-refractivity contribution is -0.137. The smallest absolute Gasteiger partial charge is 0.416 e. The number of ether oxygens (including phenoxy) is 2. The Kier molecular flexibility index (Phi) is 19.5. The van der Waals surface area contributed by atoms with Crippen molar-refractivity contribution in [2.45, 2.75) is 227 Å². The molecule has 5 nitrogen and oxygen atoms in total. The van der Waals surface area contributed by atoms with Gasteiger partial charge in [0, 0.05) is 34.0 Å². The average Bonchev–Trinajstić information content (AvgIpc) is 3.18. The summed E-state index contributed by atoms with van der Waals surface area (Å²) < 4.78 is 55.4. The van der Waals surface area contributed by atoms with Crippen LogP contribution >= 0.6 is 0 Å². The highest BCUT2D eigenvalue weighted by molar-refractivity contribution is 5.84. The number of alkyl halides is 3. The van der Waals surface area contributed by atoms with Crippen LogP contribution in [0.2, 0.25) is 0 Å². The molecule has 8 heteroatoms. The van der Waals surface area contributed by atoms with Gasteiger partial charge in [0.05, 0.1) is 24.8 Å². The lowest BCUT2D eigenvalue weighted by atomic mass is 9.70. The van der Waals surface area contributed by atoms with Crippen molar-refractivity contribution < 1.29 is 32.9 Å². The van der Waals surface area contributed by atoms with E-state index in [4.69, 9.17) is 14.5 Å². The molecule has 0 amide bonds. The molecular weight excluding hydrogens is 808 g/mol. The van der Waals surface area contributed by atoms with E-state index in [0.29, 0.717) is 30.8 Å². The minimum Gasteiger partial charge on any atom is -0.507 e. The second kappa shape index (κ2) is 22.8. The summed E-state index contributed by atoms with van der Waals surface area (Å²) in [5, 5.41) is 24.9. The van der Waals surface area contributed by atoms with Gasteiger partial charge < -0.3 is 19.7 Å². The number of halogens is 3. The number of hydrogen-bond acceptors (Lipinski definition) is 5. The van der Waals surface area contributed by atoms with Crippen LogP contribution in [0.25, 0.3) is 0 Å². The second-order valence-corrected chi connectivity index (χ2v) is 22.3. The number of hydrogen-bond donors (Lipinski definition) is 2. The third kappa shape index (κ3) is 14.7. The Hall–Kier alpha value is -3.52. The maximum atomic E-state index is 14.1. The second-order valence-electron chi connectivity index (χ2n) is 22.3. The average molecular weight is 894 g/mol. The molecule has 1 atom stereocenters. The number of aromatic hydroxyl groups is 1. The van der Waals surface area contributed by atoms with Gasteiger partial charge in [0.2, 0.25) is 0 Å². The molecule has 0 fully saturated rings. The molecule has 0 aliphatic heterocycles. The summed E-state index contributed by atoms with van der Waals surface area (Å²) in [4.78, 5) is 4.95. The molecule has 64 heavy (non-hydrogen) atoms. The van der Waals surface area contributed by atoms with Crippen LogP contribution in [0, 0.1) is 0 Å². The summed E-state index contributed by atoms with van der Waals surface area (Å²) in [6, 6.07) is 10.2. The van der Waals surface area contributed by atoms with Crippen LogP contribution in [0.5, 0.6) is 17.2 Å². The molecule has 0 radical (unpaired) electrons. The summed E-state index contributed by atoms with van der Waals surface area (Å²) in [5.41, 5.74) is 0.692. The van der Waals surface area contributed by atoms with Crippen molar-refractivity contribution in [2.75, 3.05) is 13.2 Å². The fourth-order valence-electron chi connectivity index (χ4n) is 8.42. The van der Waals surface area contributed by atoms with Gasteiger partial charge in [0.15, 0.2) is 0 Å². The Balaban J connectivity index is 2.47. The first-order chi connectivity index (χ1) is 29.6. The van der Waals surface area contributed by atoms with Gasteiger partial charge in [-0.25, -0.2) is 0 Å². The molecule has 360 valence electrons. The van der Waals surface area contributed by atoms with Crippen LogP contribution in [0.15, 0.2) is 47.5 Å². The number of aliphatic imine (C=N–C) groups is 1. The van der Waals surface area contributed by atoms with Gasteiger partial charge in [-0.05, 0) is 94.5 Å². The number of phenolic OH excluding ortho intramolecular Hbond substituents is 1. The van der Waals surface area contributed by atoms with E-state index in [0.717, 1.165) is 77.6 Å². The van der Waals surface area contributed by atoms with Crippen molar-refractivity contribution in [2.24, 2.45) is 4.99 Å². The zero-order chi connectivity index (χ0) is 48.3. The Labute approximate surface area is 387 Å². The highest BCUT2D eigenvalue weighted by atomic mass is 19.4. The Morgan fingerprint density at radius 2 is 0.891 bits per heavy atom. The number of nitrogens with zero attached hydrogens (tertiary/aromatic N) is 1. The molecule has 0 aromatic heterocycles. The summed E-state index contributed by atoms with van der Waals surface area (Å²) in [6.45, 7) is 33.4. The SMILES string of the molecule is CCCCCCCCOc1c(C(C)(C)C)cc(C(O)(c2cc(C(C)(C)C)c(OCCCCCCCC)c(C(C)(C)C)c2)C(CC)N=Cc2cc(C(F)(F)F)ccc2O)cc1C(C)(C)C. The van der Waals surface area contributed by atoms with E-state index in [-0.39, 0.29) is 11.3 Å². The van der Waals surface area contributed by atoms with Crippen molar-refractivity contribution in [1.82, 2.24) is 0 Å². The van der Waals surface area contributed by atoms with E-state index >= 15 is 0 Å². The minimum atomic E-state index is -4.61. The zero-order valence-electron chi connectivity index (χ0n) is 42.6. The molecule has 0 spiro atoms. The number of aliphatic hydroxyl groups is 1. The monoisotopic (exact) mass is 894 g/mol. The Morgan fingerprint density at radius 3 is 1.22 bits per heavy atom. The van der Waals surface area contributed by atoms with Gasteiger partial charge in [0.25, 0.3) is 0 Å². The molecule has 0 heterocycles. The third-order valence-corrected chi connectivity index (χ3v) is 12.4. The summed E-state index contributed by atoms with van der Waals surface area (Å²) in [6.07, 6.45) is 10.7. The van der Waals surface area contributed by atoms with E-state index in [1.165, 1.54) is 57.6 Å². The molecular formula is C56H86F3NO4. The maximum absolute atomic E-state index is 14.1. The predicted octanol–water partition coefficient (Wildman–Crippen LogP) is 16.2. The van der Waals surface area contributed by atoms with E-state index in [1.807, 2.05) is 6.92 Å². The molecule has 0 bridgehead atoms. The Morgan fingerprint density at radius 1 is 0.531 bits per heavy atom. The summed E-state index contributed by atoms with van der Waals surface area (Å²) in [5.74, 6) is 1.33. The molecule has 0 saturated heterocycles. The normalized spacial score (nSPS) is 13.8. The standard InChI is InChI=1S/C56H86F3NO4/c1-16-19-21-23-25-27-31-63-49-43(51(4,5)6)34-41(35-44(49)52(7,8)9)55(62,48(18-3)60-38-39-33-40(56(57,58)59)29-30-47(39)61)42-36-45(53(10,11)12)50(46(37-42)54(13,14)15)64-32-28-26-24-22-20-17-2/h29-30,33-38,48,61-62H,16-28,31-32H2,1-15H3. The number of rotatable bonds is 22. The van der Waals surface area contributed by atoms with Gasteiger partial charge >= 0.3 is 6.18 Å². The van der Waals surface area contributed by atoms with E-state index in [1.54, 1.807) is 0 Å². The molecule has 1 unspecified atom stereocenters. The van der Waals surface area contributed by atoms with Crippen molar-refractivity contribution in [1.29, 1.82) is 0 Å². The van der Waals surface area contributed by atoms with E-state index in [9.17, 15) is 23.4 Å². The highest BCUT2D eigenvalue weighted by Gasteiger charge is 2.44. The fraction of sp³-hybridized carbons (Fsp3) is 0.661. The van der Waals surface area contributed by atoms with Crippen LogP contribution in [0.3, 0.4) is 0 Å². The Bertz CT molecular complexity index is 1780. The van der Waals surface area contributed by atoms with Crippen molar-refractivity contribution in [3.8, 4) is 17.2 Å². The lowest BCUT2D eigenvalue weighted by Gasteiger charge is -2.40. The lowest BCUT2D eigenvalue weighted by Crippen LogP contribution is -2.41. The molecule has 3 aromatic carbocycles. The van der Waals surface area contributed by atoms with Crippen LogP contribution in [0.4, 0.5) is 13.2 Å². The molecule has 0 saturated carbocycles. The van der Waals surface area contributed by atoms with Gasteiger partial charge in [-0.3, -0.25) is 4.99 Å². The highest BCUT2D eigenvalue weighted by Crippen LogP contribution is 2.49. The first-order valence-electron chi connectivity index (χ1n) is 24.4. The van der Waals surface area contributed by atoms with Crippen LogP contribution in [-0.4, -0.2) is 35.7 Å². The predicted molar refractivity (Wildman–Crippen MR) is 263 cm³/mol. The van der Waals surface area contributed by atoms with Crippen LogP contribution < -0.4 is 9.47 Å². The van der Waals surface area contributed by atoms with Gasteiger partial charge in [0.1, 0.15) is 22.8 Å². The number of unbranched alkanes of at least 4 members (excludes halogenated alkanes) is 10. The number of benzene rings is 3. The zero-order valence-corrected chi connectivity index (χ0v) is 42.6. The van der Waals surface area contributed by atoms with E-state index in [2.05, 4.69) is 121 Å². The van der Waals surface area contributed by atoms with Gasteiger partial charge in [-0.2, -0.15) is 13.2 Å². The topological polar surface area (TPSA) is 71.3 Å². The van der Waals surface area contributed by atoms with Crippen LogP contribution in [-0.2, 0) is 33.4 Å². The largest absolute Gasteiger partial charge is 0.507 e. The molecule has 3 aromatic rings. The summed E-state index contributed by atoms with van der Waals surface area (Å²) >= 11 is 0. The third-order valence-electron chi connectivity index (χ3n) is 12.4. The first kappa shape index (κ1) is 54.8. The molecule has 2 N–H and O–H groups in total. The van der Waals surface area contributed by atoms with Crippen molar-refractivity contribution in [3.63, 3.8) is 0 Å². The quantitative estimate of drug-likeness (QED) is 0.0779. The molecule has 0 aliphatic rings. The summed E-state index contributed by atoms with van der Waals surface area (Å²) in [7, 11) is 0. The first-order valence-corrected chi connectivity index (χ1v) is 24.4. The minimum absolute atomic E-state index is 0.0796. The number of phenols is 1. The molecule has 0 aliphatic carbocycles. The van der Waals surface area contributed by atoms with Gasteiger partial charge in [-0.1, -0.05) is 168 Å². The maximum Gasteiger partial charge on any atom is 0.416 e. The van der Waals surface area contributed by atoms with Crippen molar-refractivity contribution >= 4 is 6.21 Å². The fourth-order valence-corrected chi connectivity index (χ4v) is 8.42. The van der Waals surface area contributed by atoms with Crippen LogP contribution in [0.1, 0.15) is 232 Å².